The number of piperidine rings is 2. The molecule has 94 valence electrons. The van der Waals surface area contributed by atoms with Crippen LogP contribution in [0.3, 0.4) is 0 Å². The molecule has 1 saturated carbocycles. The molecule has 3 rings (SSSR count). The summed E-state index contributed by atoms with van der Waals surface area (Å²) in [5.74, 6) is 0.346. The third-order valence-corrected chi connectivity index (χ3v) is 4.47. The molecular weight excluding hydrogens is 212 g/mol. The highest BCUT2D eigenvalue weighted by atomic mass is 16.2. The average Bonchev–Trinajstić information content (AvgIpc) is 3.17. The minimum absolute atomic E-state index is 0.180. The number of likely N-dealkylation sites (tertiary alicyclic amines) is 2. The van der Waals surface area contributed by atoms with Crippen molar-refractivity contribution in [1.29, 1.82) is 0 Å². The van der Waals surface area contributed by atoms with E-state index in [9.17, 15) is 4.79 Å². The zero-order valence-electron chi connectivity index (χ0n) is 10.7. The SMILES string of the molecule is CN1CCCC(N2CCC(=C3CC3)CC2)C1=O. The van der Waals surface area contributed by atoms with Crippen molar-refractivity contribution in [3.8, 4) is 0 Å². The molecule has 1 aliphatic carbocycles. The molecule has 3 fully saturated rings. The molecule has 17 heavy (non-hydrogen) atoms. The smallest absolute Gasteiger partial charge is 0.239 e. The summed E-state index contributed by atoms with van der Waals surface area (Å²) in [5.41, 5.74) is 3.43. The summed E-state index contributed by atoms with van der Waals surface area (Å²) in [5, 5.41) is 0. The molecule has 0 bridgehead atoms. The fourth-order valence-corrected chi connectivity index (χ4v) is 3.22. The van der Waals surface area contributed by atoms with Crippen molar-refractivity contribution in [2.75, 3.05) is 26.7 Å². The van der Waals surface area contributed by atoms with E-state index in [1.165, 1.54) is 25.7 Å². The van der Waals surface area contributed by atoms with Gasteiger partial charge in [0.05, 0.1) is 6.04 Å². The van der Waals surface area contributed by atoms with Crippen molar-refractivity contribution in [2.45, 2.75) is 44.6 Å². The van der Waals surface area contributed by atoms with Crippen LogP contribution in [-0.2, 0) is 4.79 Å². The van der Waals surface area contributed by atoms with Gasteiger partial charge in [-0.2, -0.15) is 0 Å². The van der Waals surface area contributed by atoms with E-state index in [0.29, 0.717) is 5.91 Å². The number of carbonyl (C=O) groups is 1. The van der Waals surface area contributed by atoms with Crippen LogP contribution in [0.4, 0.5) is 0 Å². The van der Waals surface area contributed by atoms with Crippen LogP contribution in [-0.4, -0.2) is 48.4 Å². The topological polar surface area (TPSA) is 23.6 Å². The summed E-state index contributed by atoms with van der Waals surface area (Å²) in [7, 11) is 1.94. The summed E-state index contributed by atoms with van der Waals surface area (Å²) >= 11 is 0. The molecule has 0 spiro atoms. The van der Waals surface area contributed by atoms with Gasteiger partial charge < -0.3 is 4.90 Å². The number of allylic oxidation sites excluding steroid dienone is 1. The Morgan fingerprint density at radius 2 is 1.65 bits per heavy atom. The highest BCUT2D eigenvalue weighted by molar-refractivity contribution is 5.82. The highest BCUT2D eigenvalue weighted by Crippen LogP contribution is 2.36. The Hall–Kier alpha value is -0.830. The average molecular weight is 234 g/mol. The van der Waals surface area contributed by atoms with E-state index >= 15 is 0 Å². The molecule has 1 atom stereocenters. The monoisotopic (exact) mass is 234 g/mol. The Morgan fingerprint density at radius 1 is 1.00 bits per heavy atom. The summed E-state index contributed by atoms with van der Waals surface area (Å²) in [6.07, 6.45) is 7.35. The fourth-order valence-electron chi connectivity index (χ4n) is 3.22. The normalized spacial score (nSPS) is 31.0. The summed E-state index contributed by atoms with van der Waals surface area (Å²) in [6.45, 7) is 3.14. The number of rotatable bonds is 1. The Bertz CT molecular complexity index is 345. The van der Waals surface area contributed by atoms with Gasteiger partial charge in [-0.05, 0) is 38.5 Å². The van der Waals surface area contributed by atoms with E-state index in [0.717, 1.165) is 32.5 Å². The van der Waals surface area contributed by atoms with Gasteiger partial charge in [0.1, 0.15) is 0 Å². The Balaban J connectivity index is 1.62. The molecule has 2 aliphatic heterocycles. The van der Waals surface area contributed by atoms with Gasteiger partial charge in [-0.3, -0.25) is 9.69 Å². The van der Waals surface area contributed by atoms with Crippen LogP contribution >= 0.6 is 0 Å². The lowest BCUT2D eigenvalue weighted by Crippen LogP contribution is -2.52. The predicted octanol–water partition coefficient (Wildman–Crippen LogP) is 1.79. The van der Waals surface area contributed by atoms with Crippen LogP contribution < -0.4 is 0 Å². The van der Waals surface area contributed by atoms with Crippen molar-refractivity contribution >= 4 is 5.91 Å². The van der Waals surface area contributed by atoms with E-state index in [2.05, 4.69) is 4.90 Å². The maximum Gasteiger partial charge on any atom is 0.239 e. The minimum Gasteiger partial charge on any atom is -0.344 e. The number of carbonyl (C=O) groups excluding carboxylic acids is 1. The summed E-state index contributed by atoms with van der Waals surface area (Å²) in [4.78, 5) is 16.5. The number of likely N-dealkylation sites (N-methyl/N-ethyl adjacent to an activating group) is 1. The van der Waals surface area contributed by atoms with Gasteiger partial charge in [0.25, 0.3) is 0 Å². The second kappa shape index (κ2) is 4.45. The van der Waals surface area contributed by atoms with Crippen LogP contribution in [0.25, 0.3) is 0 Å². The predicted molar refractivity (Wildman–Crippen MR) is 67.7 cm³/mol. The third kappa shape index (κ3) is 2.25. The van der Waals surface area contributed by atoms with Crippen LogP contribution in [0.2, 0.25) is 0 Å². The molecule has 3 nitrogen and oxygen atoms in total. The number of hydrogen-bond donors (Lipinski definition) is 0. The van der Waals surface area contributed by atoms with E-state index in [-0.39, 0.29) is 6.04 Å². The lowest BCUT2D eigenvalue weighted by molar-refractivity contribution is -0.138. The molecule has 0 aromatic carbocycles. The third-order valence-electron chi connectivity index (χ3n) is 4.47. The quantitative estimate of drug-likeness (QED) is 0.646. The Kier molecular flexibility index (Phi) is 2.95. The standard InChI is InChI=1S/C14H22N2O/c1-15-8-2-3-13(14(15)17)16-9-6-12(7-10-16)11-4-5-11/h13H,2-10H2,1H3. The summed E-state index contributed by atoms with van der Waals surface area (Å²) < 4.78 is 0. The Morgan fingerprint density at radius 3 is 2.29 bits per heavy atom. The van der Waals surface area contributed by atoms with Gasteiger partial charge in [0.15, 0.2) is 0 Å². The zero-order valence-corrected chi connectivity index (χ0v) is 10.7. The minimum atomic E-state index is 0.180. The van der Waals surface area contributed by atoms with E-state index in [1.54, 1.807) is 11.1 Å². The van der Waals surface area contributed by atoms with Crippen molar-refractivity contribution < 1.29 is 4.79 Å². The number of nitrogens with zero attached hydrogens (tertiary/aromatic N) is 2. The van der Waals surface area contributed by atoms with Gasteiger partial charge in [0, 0.05) is 26.7 Å². The molecule has 2 heterocycles. The number of hydrogen-bond acceptors (Lipinski definition) is 2. The molecule has 1 amide bonds. The van der Waals surface area contributed by atoms with Gasteiger partial charge in [0.2, 0.25) is 5.91 Å². The maximum absolute atomic E-state index is 12.1. The van der Waals surface area contributed by atoms with E-state index < -0.39 is 0 Å². The largest absolute Gasteiger partial charge is 0.344 e. The van der Waals surface area contributed by atoms with Crippen molar-refractivity contribution in [3.05, 3.63) is 11.1 Å². The molecule has 0 aromatic rings. The summed E-state index contributed by atoms with van der Waals surface area (Å²) in [6, 6.07) is 0.180. The van der Waals surface area contributed by atoms with Crippen LogP contribution in [0.15, 0.2) is 11.1 Å². The van der Waals surface area contributed by atoms with Crippen molar-refractivity contribution in [1.82, 2.24) is 9.80 Å². The molecule has 0 radical (unpaired) electrons. The van der Waals surface area contributed by atoms with Gasteiger partial charge in [-0.25, -0.2) is 0 Å². The number of amides is 1. The van der Waals surface area contributed by atoms with Crippen LogP contribution in [0.1, 0.15) is 38.5 Å². The highest BCUT2D eigenvalue weighted by Gasteiger charge is 2.33. The first kappa shape index (κ1) is 11.3. The first-order valence-corrected chi connectivity index (χ1v) is 6.94. The van der Waals surface area contributed by atoms with Gasteiger partial charge in [-0.1, -0.05) is 11.1 Å². The lowest BCUT2D eigenvalue weighted by Gasteiger charge is -2.39. The first-order valence-electron chi connectivity index (χ1n) is 6.94. The van der Waals surface area contributed by atoms with E-state index in [1.807, 2.05) is 11.9 Å². The molecule has 2 saturated heterocycles. The maximum atomic E-state index is 12.1. The lowest BCUT2D eigenvalue weighted by atomic mass is 9.97. The van der Waals surface area contributed by atoms with Crippen molar-refractivity contribution in [3.63, 3.8) is 0 Å². The fraction of sp³-hybridized carbons (Fsp3) is 0.786. The van der Waals surface area contributed by atoms with E-state index in [4.69, 9.17) is 0 Å². The second-order valence-electron chi connectivity index (χ2n) is 5.66. The zero-order chi connectivity index (χ0) is 11.8. The molecule has 3 heteroatoms. The molecular formula is C14H22N2O. The second-order valence-corrected chi connectivity index (χ2v) is 5.66. The Labute approximate surface area is 103 Å². The van der Waals surface area contributed by atoms with Crippen LogP contribution in [0.5, 0.6) is 0 Å². The molecule has 0 N–H and O–H groups in total. The molecule has 1 unspecified atom stereocenters. The molecule has 0 aromatic heterocycles. The van der Waals surface area contributed by atoms with Gasteiger partial charge in [-0.15, -0.1) is 0 Å². The molecule has 3 aliphatic rings. The van der Waals surface area contributed by atoms with Gasteiger partial charge >= 0.3 is 0 Å². The van der Waals surface area contributed by atoms with Crippen LogP contribution in [0, 0.1) is 0 Å². The first-order chi connectivity index (χ1) is 8.25. The van der Waals surface area contributed by atoms with Crippen molar-refractivity contribution in [2.24, 2.45) is 0 Å².